The second-order valence-electron chi connectivity index (χ2n) is 4.32. The monoisotopic (exact) mass is 244 g/mol. The number of hydrogen-bond acceptors (Lipinski definition) is 3. The number of carbonyl (C=O) groups excluding carboxylic acids is 1. The Balaban J connectivity index is 3.87. The van der Waals surface area contributed by atoms with E-state index >= 15 is 0 Å². The molecule has 0 saturated heterocycles. The van der Waals surface area contributed by atoms with Gasteiger partial charge in [0.15, 0.2) is 0 Å². The van der Waals surface area contributed by atoms with Crippen molar-refractivity contribution in [2.75, 3.05) is 0 Å². The van der Waals surface area contributed by atoms with E-state index in [4.69, 9.17) is 9.84 Å². The van der Waals surface area contributed by atoms with Crippen LogP contribution in [0.25, 0.3) is 0 Å². The van der Waals surface area contributed by atoms with Gasteiger partial charge in [-0.25, -0.2) is 0 Å². The van der Waals surface area contributed by atoms with Crippen molar-refractivity contribution in [3.63, 3.8) is 0 Å². The summed E-state index contributed by atoms with van der Waals surface area (Å²) < 4.78 is 5.16. The molecule has 0 aromatic heterocycles. The number of carbonyl (C=O) groups is 2. The van der Waals surface area contributed by atoms with Gasteiger partial charge in [0.25, 0.3) is 0 Å². The van der Waals surface area contributed by atoms with Crippen molar-refractivity contribution in [2.45, 2.75) is 71.3 Å². The zero-order valence-electron chi connectivity index (χ0n) is 10.9. The minimum Gasteiger partial charge on any atom is -0.481 e. The summed E-state index contributed by atoms with van der Waals surface area (Å²) in [6.07, 6.45) is 6.53. The summed E-state index contributed by atoms with van der Waals surface area (Å²) in [5.41, 5.74) is 0. The minimum absolute atomic E-state index is 0.108. The molecule has 0 aromatic rings. The fraction of sp³-hybridized carbons (Fsp3) is 0.846. The van der Waals surface area contributed by atoms with Crippen LogP contribution in [0, 0.1) is 0 Å². The lowest BCUT2D eigenvalue weighted by Crippen LogP contribution is -2.20. The first-order chi connectivity index (χ1) is 8.10. The van der Waals surface area contributed by atoms with Gasteiger partial charge in [0.05, 0.1) is 0 Å². The van der Waals surface area contributed by atoms with E-state index in [0.29, 0.717) is 0 Å². The third-order valence-electron chi connectivity index (χ3n) is 2.58. The van der Waals surface area contributed by atoms with E-state index in [-0.39, 0.29) is 6.10 Å². The Labute approximate surface area is 103 Å². The minimum atomic E-state index is -1.13. The quantitative estimate of drug-likeness (QED) is 0.364. The van der Waals surface area contributed by atoms with Crippen molar-refractivity contribution in [1.29, 1.82) is 0 Å². The van der Waals surface area contributed by atoms with Gasteiger partial charge in [-0.15, -0.1) is 0 Å². The van der Waals surface area contributed by atoms with Gasteiger partial charge in [0.2, 0.25) is 0 Å². The van der Waals surface area contributed by atoms with E-state index in [1.807, 2.05) is 6.92 Å². The number of rotatable bonds is 10. The van der Waals surface area contributed by atoms with Crippen LogP contribution in [0.1, 0.15) is 65.2 Å². The molecule has 4 nitrogen and oxygen atoms in total. The van der Waals surface area contributed by atoms with Gasteiger partial charge in [-0.05, 0) is 19.3 Å². The van der Waals surface area contributed by atoms with Crippen LogP contribution in [0.3, 0.4) is 0 Å². The highest BCUT2D eigenvalue weighted by atomic mass is 16.5. The first-order valence-electron chi connectivity index (χ1n) is 6.51. The van der Waals surface area contributed by atoms with Crippen molar-refractivity contribution in [2.24, 2.45) is 0 Å². The second kappa shape index (κ2) is 10.1. The van der Waals surface area contributed by atoms with Crippen LogP contribution >= 0.6 is 0 Å². The first-order valence-corrected chi connectivity index (χ1v) is 6.51. The number of hydrogen-bond donors (Lipinski definition) is 1. The predicted octanol–water partition coefficient (Wildman–Crippen LogP) is 3.14. The predicted molar refractivity (Wildman–Crippen MR) is 65.8 cm³/mol. The maximum Gasteiger partial charge on any atom is 0.317 e. The molecule has 0 aliphatic rings. The summed E-state index contributed by atoms with van der Waals surface area (Å²) in [5, 5.41) is 8.47. The maximum atomic E-state index is 11.2. The first kappa shape index (κ1) is 15.9. The SMILES string of the molecule is CCCCCCC(CCC)OC(=O)CC(=O)O. The lowest BCUT2D eigenvalue weighted by Gasteiger charge is -2.16. The van der Waals surface area contributed by atoms with Crippen molar-refractivity contribution < 1.29 is 19.4 Å². The smallest absolute Gasteiger partial charge is 0.317 e. The molecular weight excluding hydrogens is 220 g/mol. The van der Waals surface area contributed by atoms with E-state index < -0.39 is 18.4 Å². The van der Waals surface area contributed by atoms with Crippen molar-refractivity contribution in [3.05, 3.63) is 0 Å². The fourth-order valence-corrected chi connectivity index (χ4v) is 1.73. The molecule has 0 radical (unpaired) electrons. The Morgan fingerprint density at radius 3 is 2.29 bits per heavy atom. The zero-order valence-corrected chi connectivity index (χ0v) is 10.9. The van der Waals surface area contributed by atoms with Crippen LogP contribution in [-0.2, 0) is 14.3 Å². The molecular formula is C13H24O4. The summed E-state index contributed by atoms with van der Waals surface area (Å²) in [7, 11) is 0. The van der Waals surface area contributed by atoms with Crippen LogP contribution in [0.4, 0.5) is 0 Å². The van der Waals surface area contributed by atoms with Crippen LogP contribution in [0.5, 0.6) is 0 Å². The molecule has 0 heterocycles. The largest absolute Gasteiger partial charge is 0.481 e. The van der Waals surface area contributed by atoms with Crippen LogP contribution in [-0.4, -0.2) is 23.1 Å². The average molecular weight is 244 g/mol. The highest BCUT2D eigenvalue weighted by molar-refractivity contribution is 5.90. The lowest BCUT2D eigenvalue weighted by molar-refractivity contribution is -0.155. The molecule has 1 unspecified atom stereocenters. The van der Waals surface area contributed by atoms with Gasteiger partial charge in [0, 0.05) is 0 Å². The highest BCUT2D eigenvalue weighted by Crippen LogP contribution is 2.13. The van der Waals surface area contributed by atoms with Gasteiger partial charge in [0.1, 0.15) is 12.5 Å². The molecule has 0 aliphatic carbocycles. The summed E-state index contributed by atoms with van der Waals surface area (Å²) in [4.78, 5) is 21.6. The van der Waals surface area contributed by atoms with Crippen molar-refractivity contribution in [1.82, 2.24) is 0 Å². The Morgan fingerprint density at radius 1 is 1.06 bits per heavy atom. The molecule has 1 N–H and O–H groups in total. The lowest BCUT2D eigenvalue weighted by atomic mass is 10.1. The van der Waals surface area contributed by atoms with Crippen LogP contribution in [0.15, 0.2) is 0 Å². The van der Waals surface area contributed by atoms with Gasteiger partial charge < -0.3 is 9.84 Å². The summed E-state index contributed by atoms with van der Waals surface area (Å²) in [5.74, 6) is -1.75. The topological polar surface area (TPSA) is 63.6 Å². The number of carboxylic acid groups (broad SMARTS) is 1. The standard InChI is InChI=1S/C13H24O4/c1-3-5-6-7-9-11(8-4-2)17-13(16)10-12(14)15/h11H,3-10H2,1-2H3,(H,14,15). The van der Waals surface area contributed by atoms with Gasteiger partial charge >= 0.3 is 11.9 Å². The number of esters is 1. The van der Waals surface area contributed by atoms with Crippen LogP contribution in [0.2, 0.25) is 0 Å². The molecule has 0 saturated carbocycles. The third-order valence-corrected chi connectivity index (χ3v) is 2.58. The van der Waals surface area contributed by atoms with Crippen molar-refractivity contribution >= 4 is 11.9 Å². The maximum absolute atomic E-state index is 11.2. The summed E-state index contributed by atoms with van der Waals surface area (Å²) in [6, 6.07) is 0. The number of unbranched alkanes of at least 4 members (excludes halogenated alkanes) is 3. The zero-order chi connectivity index (χ0) is 13.1. The Bertz CT molecular complexity index is 225. The van der Waals surface area contributed by atoms with Gasteiger partial charge in [-0.2, -0.15) is 0 Å². The van der Waals surface area contributed by atoms with E-state index in [1.165, 1.54) is 12.8 Å². The van der Waals surface area contributed by atoms with E-state index in [0.717, 1.165) is 32.1 Å². The molecule has 0 aromatic carbocycles. The Morgan fingerprint density at radius 2 is 1.76 bits per heavy atom. The number of aliphatic carboxylic acids is 1. The fourth-order valence-electron chi connectivity index (χ4n) is 1.73. The van der Waals surface area contributed by atoms with Crippen molar-refractivity contribution in [3.8, 4) is 0 Å². The van der Waals surface area contributed by atoms with E-state index in [1.54, 1.807) is 0 Å². The molecule has 0 bridgehead atoms. The van der Waals surface area contributed by atoms with E-state index in [9.17, 15) is 9.59 Å². The second-order valence-corrected chi connectivity index (χ2v) is 4.32. The van der Waals surface area contributed by atoms with Gasteiger partial charge in [-0.1, -0.05) is 39.5 Å². The molecule has 17 heavy (non-hydrogen) atoms. The molecule has 0 rings (SSSR count). The molecule has 100 valence electrons. The molecule has 1 atom stereocenters. The van der Waals surface area contributed by atoms with Gasteiger partial charge in [-0.3, -0.25) is 9.59 Å². The molecule has 0 amide bonds. The average Bonchev–Trinajstić information content (AvgIpc) is 2.23. The Hall–Kier alpha value is -1.06. The summed E-state index contributed by atoms with van der Waals surface area (Å²) >= 11 is 0. The number of carboxylic acids is 1. The Kier molecular flexibility index (Phi) is 9.49. The third kappa shape index (κ3) is 9.85. The van der Waals surface area contributed by atoms with E-state index in [2.05, 4.69) is 6.92 Å². The molecule has 0 spiro atoms. The molecule has 0 aliphatic heterocycles. The highest BCUT2D eigenvalue weighted by Gasteiger charge is 2.15. The normalized spacial score (nSPS) is 12.1. The van der Waals surface area contributed by atoms with Crippen LogP contribution < -0.4 is 0 Å². The number of ether oxygens (including phenoxy) is 1. The summed E-state index contributed by atoms with van der Waals surface area (Å²) in [6.45, 7) is 4.18. The molecule has 0 fully saturated rings. The molecule has 4 heteroatoms.